The number of benzene rings is 1. The summed E-state index contributed by atoms with van der Waals surface area (Å²) in [4.78, 5) is 4.46. The summed E-state index contributed by atoms with van der Waals surface area (Å²) >= 11 is 2.01. The van der Waals surface area contributed by atoms with Crippen LogP contribution in [0.15, 0.2) is 23.2 Å². The number of aliphatic imine (C=N–C) groups is 1. The first-order valence-corrected chi connectivity index (χ1v) is 8.94. The van der Waals surface area contributed by atoms with Crippen LogP contribution in [0.5, 0.6) is 11.5 Å². The van der Waals surface area contributed by atoms with Crippen LogP contribution in [-0.4, -0.2) is 36.7 Å². The Morgan fingerprint density at radius 1 is 1.22 bits per heavy atom. The molecule has 1 aromatic carbocycles. The largest absolute Gasteiger partial charge is 0.490 e. The lowest BCUT2D eigenvalue weighted by Crippen LogP contribution is -2.25. The number of thioether (sulfide) groups is 1. The van der Waals surface area contributed by atoms with Gasteiger partial charge >= 0.3 is 0 Å². The fourth-order valence-electron chi connectivity index (χ4n) is 2.58. The van der Waals surface area contributed by atoms with Crippen molar-refractivity contribution >= 4 is 47.4 Å². The molecule has 23 heavy (non-hydrogen) atoms. The van der Waals surface area contributed by atoms with Gasteiger partial charge in [0.15, 0.2) is 17.5 Å². The van der Waals surface area contributed by atoms with Gasteiger partial charge in [-0.2, -0.15) is 11.8 Å². The van der Waals surface area contributed by atoms with Gasteiger partial charge in [0.2, 0.25) is 0 Å². The van der Waals surface area contributed by atoms with Crippen LogP contribution in [0.3, 0.4) is 0 Å². The Labute approximate surface area is 158 Å². The van der Waals surface area contributed by atoms with Crippen LogP contribution < -0.4 is 20.5 Å². The molecule has 3 rings (SSSR count). The lowest BCUT2D eigenvalue weighted by Gasteiger charge is -2.19. The average molecular weight is 449 g/mol. The maximum atomic E-state index is 5.99. The fraction of sp³-hybridized carbons (Fsp3) is 0.562. The Morgan fingerprint density at radius 3 is 2.83 bits per heavy atom. The quantitative estimate of drug-likeness (QED) is 0.420. The number of nitrogens with zero attached hydrogens (tertiary/aromatic N) is 1. The zero-order valence-electron chi connectivity index (χ0n) is 13.1. The van der Waals surface area contributed by atoms with Crippen LogP contribution in [0.1, 0.15) is 25.7 Å². The maximum Gasteiger partial charge on any atom is 0.193 e. The predicted molar refractivity (Wildman–Crippen MR) is 108 cm³/mol. The van der Waals surface area contributed by atoms with Gasteiger partial charge in [-0.3, -0.25) is 4.99 Å². The second kappa shape index (κ2) is 9.46. The fourth-order valence-corrected chi connectivity index (χ4v) is 3.80. The minimum atomic E-state index is 0. The third kappa shape index (κ3) is 5.63. The summed E-state index contributed by atoms with van der Waals surface area (Å²) < 4.78 is 11.3. The summed E-state index contributed by atoms with van der Waals surface area (Å²) in [5.74, 6) is 3.26. The van der Waals surface area contributed by atoms with Crippen LogP contribution in [0.25, 0.3) is 0 Å². The summed E-state index contributed by atoms with van der Waals surface area (Å²) in [7, 11) is 0. The number of hydrogen-bond acceptors (Lipinski definition) is 4. The van der Waals surface area contributed by atoms with E-state index < -0.39 is 0 Å². The lowest BCUT2D eigenvalue weighted by atomic mass is 10.2. The van der Waals surface area contributed by atoms with E-state index in [4.69, 9.17) is 15.2 Å². The molecule has 1 fully saturated rings. The van der Waals surface area contributed by atoms with E-state index in [-0.39, 0.29) is 24.0 Å². The minimum Gasteiger partial charge on any atom is -0.490 e. The van der Waals surface area contributed by atoms with Crippen molar-refractivity contribution in [3.05, 3.63) is 18.2 Å². The number of guanidine groups is 1. The number of fused-ring (bicyclic) bond motifs is 1. The van der Waals surface area contributed by atoms with E-state index in [1.165, 1.54) is 25.0 Å². The highest BCUT2D eigenvalue weighted by molar-refractivity contribution is 14.0. The molecular weight excluding hydrogens is 425 g/mol. The molecule has 2 heterocycles. The second-order valence-corrected chi connectivity index (χ2v) is 6.96. The Hall–Kier alpha value is -0.830. The van der Waals surface area contributed by atoms with Gasteiger partial charge in [0.05, 0.1) is 19.8 Å². The summed E-state index contributed by atoms with van der Waals surface area (Å²) in [6.45, 7) is 2.16. The van der Waals surface area contributed by atoms with Crippen molar-refractivity contribution in [3.63, 3.8) is 0 Å². The first kappa shape index (κ1) is 18.5. The molecule has 1 saturated heterocycles. The zero-order valence-corrected chi connectivity index (χ0v) is 16.3. The van der Waals surface area contributed by atoms with Crippen molar-refractivity contribution in [2.45, 2.75) is 30.9 Å². The van der Waals surface area contributed by atoms with Gasteiger partial charge in [0, 0.05) is 23.4 Å². The van der Waals surface area contributed by atoms with E-state index in [9.17, 15) is 0 Å². The highest BCUT2D eigenvalue weighted by Gasteiger charge is 2.14. The first-order valence-electron chi connectivity index (χ1n) is 7.89. The number of hydrogen-bond donors (Lipinski definition) is 2. The summed E-state index contributed by atoms with van der Waals surface area (Å²) in [5, 5.41) is 3.74. The van der Waals surface area contributed by atoms with Gasteiger partial charge in [0.1, 0.15) is 0 Å². The SMILES string of the molecule is I.NC(=NCC1CCCCS1)Nc1ccc2c(c1)OCCCO2. The number of ether oxygens (including phenoxy) is 2. The van der Waals surface area contributed by atoms with E-state index in [1.807, 2.05) is 30.0 Å². The number of nitrogens with two attached hydrogens (primary N) is 1. The Morgan fingerprint density at radius 2 is 2.04 bits per heavy atom. The maximum absolute atomic E-state index is 5.99. The molecule has 5 nitrogen and oxygen atoms in total. The van der Waals surface area contributed by atoms with E-state index in [2.05, 4.69) is 10.3 Å². The van der Waals surface area contributed by atoms with Crippen LogP contribution in [0.4, 0.5) is 5.69 Å². The molecule has 7 heteroatoms. The summed E-state index contributed by atoms with van der Waals surface area (Å²) in [6, 6.07) is 5.76. The van der Waals surface area contributed by atoms with Crippen LogP contribution in [0, 0.1) is 0 Å². The molecule has 1 aromatic rings. The van der Waals surface area contributed by atoms with Crippen LogP contribution >= 0.6 is 35.7 Å². The van der Waals surface area contributed by atoms with Gasteiger partial charge in [0.25, 0.3) is 0 Å². The van der Waals surface area contributed by atoms with Gasteiger partial charge in [-0.15, -0.1) is 24.0 Å². The molecule has 0 bridgehead atoms. The first-order chi connectivity index (χ1) is 10.8. The molecule has 1 unspecified atom stereocenters. The van der Waals surface area contributed by atoms with Crippen LogP contribution in [0.2, 0.25) is 0 Å². The third-order valence-electron chi connectivity index (χ3n) is 3.76. The van der Waals surface area contributed by atoms with Crippen molar-refractivity contribution < 1.29 is 9.47 Å². The Balaban J connectivity index is 0.00000192. The summed E-state index contributed by atoms with van der Waals surface area (Å²) in [5.41, 5.74) is 6.86. The highest BCUT2D eigenvalue weighted by Crippen LogP contribution is 2.32. The molecule has 0 aliphatic carbocycles. The van der Waals surface area contributed by atoms with Gasteiger partial charge < -0.3 is 20.5 Å². The molecule has 0 saturated carbocycles. The highest BCUT2D eigenvalue weighted by atomic mass is 127. The second-order valence-electron chi connectivity index (χ2n) is 5.55. The number of halogens is 1. The molecule has 2 aliphatic heterocycles. The molecule has 1 atom stereocenters. The van der Waals surface area contributed by atoms with Crippen molar-refractivity contribution in [3.8, 4) is 11.5 Å². The standard InChI is InChI=1S/C16H23N3O2S.HI/c17-16(18-11-13-4-1-2-9-22-13)19-12-5-6-14-15(10-12)21-8-3-7-20-14;/h5-6,10,13H,1-4,7-9,11H2,(H3,17,18,19);1H. The van der Waals surface area contributed by atoms with Crippen molar-refractivity contribution in [1.29, 1.82) is 0 Å². The average Bonchev–Trinajstić information content (AvgIpc) is 2.79. The normalized spacial score (nSPS) is 21.0. The van der Waals surface area contributed by atoms with Crippen LogP contribution in [-0.2, 0) is 0 Å². The topological polar surface area (TPSA) is 68.9 Å². The van der Waals surface area contributed by atoms with E-state index in [1.54, 1.807) is 0 Å². The molecule has 0 radical (unpaired) electrons. The Bertz CT molecular complexity index is 536. The van der Waals surface area contributed by atoms with Crippen molar-refractivity contribution in [1.82, 2.24) is 0 Å². The number of nitrogens with one attached hydrogen (secondary N) is 1. The van der Waals surface area contributed by atoms with Crippen molar-refractivity contribution in [2.75, 3.05) is 30.8 Å². The van der Waals surface area contributed by atoms with E-state index in [0.29, 0.717) is 24.4 Å². The van der Waals surface area contributed by atoms with Gasteiger partial charge in [-0.05, 0) is 30.7 Å². The number of rotatable bonds is 3. The van der Waals surface area contributed by atoms with E-state index in [0.717, 1.165) is 30.2 Å². The summed E-state index contributed by atoms with van der Waals surface area (Å²) in [6.07, 6.45) is 4.78. The smallest absolute Gasteiger partial charge is 0.193 e. The molecule has 0 aromatic heterocycles. The van der Waals surface area contributed by atoms with Gasteiger partial charge in [-0.1, -0.05) is 6.42 Å². The molecular formula is C16H24IN3O2S. The minimum absolute atomic E-state index is 0. The lowest BCUT2D eigenvalue weighted by molar-refractivity contribution is 0.297. The monoisotopic (exact) mass is 449 g/mol. The molecule has 0 spiro atoms. The van der Waals surface area contributed by atoms with Crippen molar-refractivity contribution in [2.24, 2.45) is 10.7 Å². The Kier molecular flexibility index (Phi) is 7.61. The molecule has 3 N–H and O–H groups in total. The predicted octanol–water partition coefficient (Wildman–Crippen LogP) is 3.48. The number of anilines is 1. The zero-order chi connectivity index (χ0) is 15.2. The molecule has 0 amide bonds. The van der Waals surface area contributed by atoms with Gasteiger partial charge in [-0.25, -0.2) is 0 Å². The molecule has 128 valence electrons. The van der Waals surface area contributed by atoms with E-state index >= 15 is 0 Å². The third-order valence-corrected chi connectivity index (χ3v) is 5.14. The molecule has 2 aliphatic rings.